The van der Waals surface area contributed by atoms with Crippen molar-refractivity contribution in [3.05, 3.63) is 65.7 Å². The van der Waals surface area contributed by atoms with E-state index in [1.165, 1.54) is 4.90 Å². The van der Waals surface area contributed by atoms with Crippen molar-refractivity contribution in [3.63, 3.8) is 0 Å². The first-order valence-electron chi connectivity index (χ1n) is 8.62. The van der Waals surface area contributed by atoms with Crippen LogP contribution in [0.3, 0.4) is 0 Å². The molecule has 26 heavy (non-hydrogen) atoms. The second kappa shape index (κ2) is 6.55. The third-order valence-electron chi connectivity index (χ3n) is 5.21. The number of methoxy groups -OCH3 is 1. The maximum absolute atomic E-state index is 12.7. The average Bonchev–Trinajstić information content (AvgIpc) is 3.15. The van der Waals surface area contributed by atoms with Gasteiger partial charge in [-0.2, -0.15) is 0 Å². The molecular formula is C20H21N3O3. The summed E-state index contributed by atoms with van der Waals surface area (Å²) in [4.78, 5) is 26.6. The van der Waals surface area contributed by atoms with Crippen LogP contribution >= 0.6 is 0 Å². The molecule has 0 aliphatic carbocycles. The number of ether oxygens (including phenoxy) is 1. The maximum Gasteiger partial charge on any atom is 0.248 e. The molecule has 1 N–H and O–H groups in total. The molecule has 2 aliphatic heterocycles. The van der Waals surface area contributed by atoms with E-state index in [1.54, 1.807) is 14.2 Å². The number of imide groups is 1. The van der Waals surface area contributed by atoms with Crippen LogP contribution in [0, 0.1) is 5.92 Å². The van der Waals surface area contributed by atoms with Gasteiger partial charge in [0.1, 0.15) is 11.8 Å². The first-order chi connectivity index (χ1) is 12.6. The minimum absolute atomic E-state index is 0.135. The number of fused-ring (bicyclic) bond motifs is 1. The molecule has 2 aliphatic rings. The number of benzene rings is 2. The van der Waals surface area contributed by atoms with Crippen LogP contribution in [0.25, 0.3) is 0 Å². The highest BCUT2D eigenvalue weighted by atomic mass is 16.5. The summed E-state index contributed by atoms with van der Waals surface area (Å²) in [6.07, 6.45) is 0. The van der Waals surface area contributed by atoms with Gasteiger partial charge in [-0.25, -0.2) is 10.4 Å². The van der Waals surface area contributed by atoms with Crippen LogP contribution in [0.4, 0.5) is 0 Å². The minimum Gasteiger partial charge on any atom is -0.497 e. The molecule has 2 amide bonds. The molecule has 6 heteroatoms. The summed E-state index contributed by atoms with van der Waals surface area (Å²) in [6, 6.07) is 16.8. The summed E-state index contributed by atoms with van der Waals surface area (Å²) in [6.45, 7) is 0.557. The molecule has 2 fully saturated rings. The van der Waals surface area contributed by atoms with Gasteiger partial charge >= 0.3 is 0 Å². The Hall–Kier alpha value is -2.70. The Morgan fingerprint density at radius 3 is 2.35 bits per heavy atom. The zero-order valence-corrected chi connectivity index (χ0v) is 14.8. The van der Waals surface area contributed by atoms with Crippen molar-refractivity contribution in [1.82, 2.24) is 15.3 Å². The number of likely N-dealkylation sites (tertiary alicyclic amines) is 1. The number of rotatable bonds is 4. The second-order valence-corrected chi connectivity index (χ2v) is 6.70. The van der Waals surface area contributed by atoms with E-state index in [2.05, 4.69) is 5.43 Å². The monoisotopic (exact) mass is 351 g/mol. The van der Waals surface area contributed by atoms with Crippen LogP contribution in [0.15, 0.2) is 54.6 Å². The third kappa shape index (κ3) is 2.67. The second-order valence-electron chi connectivity index (χ2n) is 6.70. The predicted octanol–water partition coefficient (Wildman–Crippen LogP) is 1.74. The van der Waals surface area contributed by atoms with E-state index < -0.39 is 12.0 Å². The zero-order valence-electron chi connectivity index (χ0n) is 14.8. The summed E-state index contributed by atoms with van der Waals surface area (Å²) < 4.78 is 5.21. The number of likely N-dealkylation sites (N-methyl/N-ethyl adjacent to an activating group) is 1. The highest BCUT2D eigenvalue weighted by Gasteiger charge is 2.57. The van der Waals surface area contributed by atoms with E-state index in [9.17, 15) is 9.59 Å². The fraction of sp³-hybridized carbons (Fsp3) is 0.300. The number of hydrogen-bond donors (Lipinski definition) is 1. The van der Waals surface area contributed by atoms with E-state index in [0.29, 0.717) is 6.54 Å². The van der Waals surface area contributed by atoms with Crippen molar-refractivity contribution in [2.45, 2.75) is 18.6 Å². The van der Waals surface area contributed by atoms with E-state index >= 15 is 0 Å². The Labute approximate surface area is 152 Å². The smallest absolute Gasteiger partial charge is 0.248 e. The number of amides is 2. The first-order valence-corrected chi connectivity index (χ1v) is 8.62. The maximum atomic E-state index is 12.7. The normalized spacial score (nSPS) is 25.6. The first kappa shape index (κ1) is 16.8. The molecule has 0 bridgehead atoms. The Bertz CT molecular complexity index is 822. The van der Waals surface area contributed by atoms with Gasteiger partial charge in [-0.05, 0) is 23.3 Å². The third-order valence-corrected chi connectivity index (χ3v) is 5.21. The van der Waals surface area contributed by atoms with E-state index in [0.717, 1.165) is 16.9 Å². The van der Waals surface area contributed by atoms with Gasteiger partial charge in [0.2, 0.25) is 11.8 Å². The molecule has 2 saturated heterocycles. The summed E-state index contributed by atoms with van der Waals surface area (Å²) in [5.41, 5.74) is 5.45. The molecule has 2 aromatic carbocycles. The number of nitrogens with zero attached hydrogens (tertiary/aromatic N) is 2. The van der Waals surface area contributed by atoms with Crippen molar-refractivity contribution in [2.75, 3.05) is 14.2 Å². The van der Waals surface area contributed by atoms with Crippen LogP contribution in [0.1, 0.15) is 17.2 Å². The lowest BCUT2D eigenvalue weighted by Crippen LogP contribution is -2.43. The predicted molar refractivity (Wildman–Crippen MR) is 95.9 cm³/mol. The molecule has 0 spiro atoms. The van der Waals surface area contributed by atoms with Crippen molar-refractivity contribution < 1.29 is 14.3 Å². The number of hydrazine groups is 1. The Morgan fingerprint density at radius 2 is 1.69 bits per heavy atom. The standard InChI is InChI=1S/C20H21N3O3/c1-22-19(24)16-17(14-8-10-15(26-2)11-9-14)21-23(18(16)20(22)25)12-13-6-4-3-5-7-13/h3-11,16-18,21H,12H2,1-2H3/t16-,17+,18+/m0/s1. The molecule has 2 heterocycles. The summed E-state index contributed by atoms with van der Waals surface area (Å²) in [5.74, 6) is 0.0447. The fourth-order valence-corrected chi connectivity index (χ4v) is 3.83. The number of nitrogens with one attached hydrogen (secondary N) is 1. The Balaban J connectivity index is 1.67. The molecule has 0 unspecified atom stereocenters. The van der Waals surface area contributed by atoms with Gasteiger partial charge in [0.25, 0.3) is 0 Å². The van der Waals surface area contributed by atoms with E-state index in [1.807, 2.05) is 59.6 Å². The van der Waals surface area contributed by atoms with Gasteiger partial charge in [0.15, 0.2) is 0 Å². The molecule has 0 aromatic heterocycles. The van der Waals surface area contributed by atoms with Crippen LogP contribution in [-0.2, 0) is 16.1 Å². The molecule has 2 aromatic rings. The van der Waals surface area contributed by atoms with E-state index in [-0.39, 0.29) is 17.9 Å². The number of carbonyl (C=O) groups is 2. The number of carbonyl (C=O) groups excluding carboxylic acids is 2. The largest absolute Gasteiger partial charge is 0.497 e. The molecule has 134 valence electrons. The van der Waals surface area contributed by atoms with E-state index in [4.69, 9.17) is 4.74 Å². The topological polar surface area (TPSA) is 61.9 Å². The van der Waals surface area contributed by atoms with Crippen molar-refractivity contribution in [1.29, 1.82) is 0 Å². The SMILES string of the molecule is COc1ccc([C@H]2NN(Cc3ccccc3)[C@H]3C(=O)N(C)C(=O)[C@@H]23)cc1. The molecule has 3 atom stereocenters. The summed E-state index contributed by atoms with van der Waals surface area (Å²) >= 11 is 0. The Morgan fingerprint density at radius 1 is 1.00 bits per heavy atom. The van der Waals surface area contributed by atoms with Crippen LogP contribution in [-0.4, -0.2) is 41.9 Å². The average molecular weight is 351 g/mol. The lowest BCUT2D eigenvalue weighted by molar-refractivity contribution is -0.139. The molecule has 4 rings (SSSR count). The highest BCUT2D eigenvalue weighted by Crippen LogP contribution is 2.40. The lowest BCUT2D eigenvalue weighted by atomic mass is 9.91. The fourth-order valence-electron chi connectivity index (χ4n) is 3.83. The lowest BCUT2D eigenvalue weighted by Gasteiger charge is -2.23. The minimum atomic E-state index is -0.486. The molecule has 0 saturated carbocycles. The van der Waals surface area contributed by atoms with Gasteiger partial charge < -0.3 is 4.74 Å². The van der Waals surface area contributed by atoms with Crippen molar-refractivity contribution in [2.24, 2.45) is 5.92 Å². The molecular weight excluding hydrogens is 330 g/mol. The van der Waals surface area contributed by atoms with Crippen LogP contribution < -0.4 is 10.2 Å². The van der Waals surface area contributed by atoms with Gasteiger partial charge in [-0.15, -0.1) is 0 Å². The van der Waals surface area contributed by atoms with Gasteiger partial charge in [0.05, 0.1) is 19.1 Å². The molecule has 0 radical (unpaired) electrons. The van der Waals surface area contributed by atoms with Crippen LogP contribution in [0.5, 0.6) is 5.75 Å². The number of hydrogen-bond acceptors (Lipinski definition) is 5. The van der Waals surface area contributed by atoms with Crippen molar-refractivity contribution >= 4 is 11.8 Å². The van der Waals surface area contributed by atoms with Gasteiger partial charge in [-0.3, -0.25) is 14.5 Å². The highest BCUT2D eigenvalue weighted by molar-refractivity contribution is 6.07. The summed E-state index contributed by atoms with van der Waals surface area (Å²) in [7, 11) is 3.18. The van der Waals surface area contributed by atoms with Crippen LogP contribution in [0.2, 0.25) is 0 Å². The Kier molecular flexibility index (Phi) is 4.22. The van der Waals surface area contributed by atoms with Gasteiger partial charge in [0, 0.05) is 13.6 Å². The van der Waals surface area contributed by atoms with Gasteiger partial charge in [-0.1, -0.05) is 42.5 Å². The molecule has 6 nitrogen and oxygen atoms in total. The summed E-state index contributed by atoms with van der Waals surface area (Å²) in [5, 5.41) is 1.90. The quantitative estimate of drug-likeness (QED) is 0.851. The van der Waals surface area contributed by atoms with Crippen molar-refractivity contribution in [3.8, 4) is 5.75 Å². The zero-order chi connectivity index (χ0) is 18.3.